The van der Waals surface area contributed by atoms with Crippen LogP contribution in [0.4, 0.5) is 5.69 Å². The third-order valence-electron chi connectivity index (χ3n) is 5.02. The van der Waals surface area contributed by atoms with E-state index in [1.807, 2.05) is 59.5 Å². The van der Waals surface area contributed by atoms with Crippen LogP contribution in [-0.2, 0) is 16.0 Å². The number of hydrogen-bond acceptors (Lipinski definition) is 4. The summed E-state index contributed by atoms with van der Waals surface area (Å²) in [5, 5.41) is 3.77. The van der Waals surface area contributed by atoms with Gasteiger partial charge in [0.15, 0.2) is 0 Å². The van der Waals surface area contributed by atoms with Crippen LogP contribution < -0.4 is 10.1 Å². The molecular formula is C23H23N3O3. The summed E-state index contributed by atoms with van der Waals surface area (Å²) >= 11 is 0. The highest BCUT2D eigenvalue weighted by molar-refractivity contribution is 5.88. The number of carbonyl (C=O) groups excluding carboxylic acids is 2. The molecule has 1 fully saturated rings. The lowest BCUT2D eigenvalue weighted by atomic mass is 10.1. The van der Waals surface area contributed by atoms with E-state index >= 15 is 0 Å². The first kappa shape index (κ1) is 18.9. The Bertz CT molecular complexity index is 1030. The Hall–Kier alpha value is -3.41. The fourth-order valence-corrected chi connectivity index (χ4v) is 3.60. The number of nitrogens with one attached hydrogen (secondary N) is 1. The topological polar surface area (TPSA) is 71.5 Å². The van der Waals surface area contributed by atoms with E-state index in [1.54, 1.807) is 6.20 Å². The highest BCUT2D eigenvalue weighted by atomic mass is 16.5. The summed E-state index contributed by atoms with van der Waals surface area (Å²) < 4.78 is 6.18. The van der Waals surface area contributed by atoms with Crippen LogP contribution >= 0.6 is 0 Å². The van der Waals surface area contributed by atoms with Crippen LogP contribution in [0.15, 0.2) is 60.8 Å². The Labute approximate surface area is 169 Å². The maximum atomic E-state index is 12.7. The Morgan fingerprint density at radius 3 is 2.72 bits per heavy atom. The van der Waals surface area contributed by atoms with Crippen LogP contribution in [0.5, 0.6) is 5.75 Å². The number of aromatic nitrogens is 1. The van der Waals surface area contributed by atoms with E-state index in [4.69, 9.17) is 4.74 Å². The summed E-state index contributed by atoms with van der Waals surface area (Å²) in [6.45, 7) is 2.73. The standard InChI is InChI=1S/C23H23N3O3/c1-16(27)25-19-9-7-17(8-10-19)14-22(28)26-13-11-20(15-26)29-21-6-2-4-18-5-3-12-24-23(18)21/h2-10,12,20H,11,13-15H2,1H3,(H,25,27). The van der Waals surface area contributed by atoms with Gasteiger partial charge in [-0.05, 0) is 29.8 Å². The highest BCUT2D eigenvalue weighted by Crippen LogP contribution is 2.26. The average molecular weight is 389 g/mol. The molecule has 0 bridgehead atoms. The van der Waals surface area contributed by atoms with Gasteiger partial charge in [-0.2, -0.15) is 0 Å². The Balaban J connectivity index is 1.35. The summed E-state index contributed by atoms with van der Waals surface area (Å²) in [4.78, 5) is 30.1. The molecule has 1 aliphatic rings. The third kappa shape index (κ3) is 4.54. The number of anilines is 1. The van der Waals surface area contributed by atoms with E-state index in [-0.39, 0.29) is 17.9 Å². The van der Waals surface area contributed by atoms with Crippen molar-refractivity contribution in [3.63, 3.8) is 0 Å². The second kappa shape index (κ2) is 8.31. The summed E-state index contributed by atoms with van der Waals surface area (Å²) in [7, 11) is 0. The first-order valence-electron chi connectivity index (χ1n) is 9.73. The molecule has 0 aliphatic carbocycles. The van der Waals surface area contributed by atoms with Crippen molar-refractivity contribution in [2.24, 2.45) is 0 Å². The van der Waals surface area contributed by atoms with Crippen molar-refractivity contribution in [3.8, 4) is 5.75 Å². The first-order chi connectivity index (χ1) is 14.1. The SMILES string of the molecule is CC(=O)Nc1ccc(CC(=O)N2CCC(Oc3cccc4cccnc34)C2)cc1. The number of hydrogen-bond donors (Lipinski definition) is 1. The third-order valence-corrected chi connectivity index (χ3v) is 5.02. The number of benzene rings is 2. The van der Waals surface area contributed by atoms with Gasteiger partial charge >= 0.3 is 0 Å². The second-order valence-electron chi connectivity index (χ2n) is 7.25. The van der Waals surface area contributed by atoms with E-state index in [9.17, 15) is 9.59 Å². The number of nitrogens with zero attached hydrogens (tertiary/aromatic N) is 2. The number of rotatable bonds is 5. The lowest BCUT2D eigenvalue weighted by Gasteiger charge is -2.18. The van der Waals surface area contributed by atoms with Crippen LogP contribution in [0.25, 0.3) is 10.9 Å². The maximum absolute atomic E-state index is 12.7. The van der Waals surface area contributed by atoms with Crippen molar-refractivity contribution in [1.82, 2.24) is 9.88 Å². The molecule has 4 rings (SSSR count). The van der Waals surface area contributed by atoms with Gasteiger partial charge in [0.05, 0.1) is 13.0 Å². The Morgan fingerprint density at radius 1 is 1.14 bits per heavy atom. The van der Waals surface area contributed by atoms with Crippen molar-refractivity contribution in [2.75, 3.05) is 18.4 Å². The van der Waals surface area contributed by atoms with Crippen LogP contribution in [-0.4, -0.2) is 40.9 Å². The Kier molecular flexibility index (Phi) is 5.42. The molecule has 2 heterocycles. The van der Waals surface area contributed by atoms with Gasteiger partial charge < -0.3 is 15.0 Å². The predicted molar refractivity (Wildman–Crippen MR) is 112 cm³/mol. The lowest BCUT2D eigenvalue weighted by molar-refractivity contribution is -0.129. The van der Waals surface area contributed by atoms with Crippen molar-refractivity contribution < 1.29 is 14.3 Å². The molecule has 1 atom stereocenters. The van der Waals surface area contributed by atoms with Gasteiger partial charge in [0.2, 0.25) is 11.8 Å². The van der Waals surface area contributed by atoms with Gasteiger partial charge in [0, 0.05) is 37.2 Å². The van der Waals surface area contributed by atoms with Crippen molar-refractivity contribution in [2.45, 2.75) is 25.9 Å². The number of carbonyl (C=O) groups is 2. The monoisotopic (exact) mass is 389 g/mol. The summed E-state index contributed by atoms with van der Waals surface area (Å²) in [5.74, 6) is 0.730. The van der Waals surface area contributed by atoms with Gasteiger partial charge in [0.1, 0.15) is 17.4 Å². The lowest BCUT2D eigenvalue weighted by Crippen LogP contribution is -2.32. The van der Waals surface area contributed by atoms with E-state index < -0.39 is 0 Å². The zero-order valence-corrected chi connectivity index (χ0v) is 16.3. The van der Waals surface area contributed by atoms with E-state index in [2.05, 4.69) is 10.3 Å². The predicted octanol–water partition coefficient (Wildman–Crippen LogP) is 3.42. The van der Waals surface area contributed by atoms with Crippen LogP contribution in [0.3, 0.4) is 0 Å². The summed E-state index contributed by atoms with van der Waals surface area (Å²) in [6, 6.07) is 17.2. The smallest absolute Gasteiger partial charge is 0.227 e. The zero-order valence-electron chi connectivity index (χ0n) is 16.3. The number of amides is 2. The van der Waals surface area contributed by atoms with E-state index in [1.165, 1.54) is 6.92 Å². The molecule has 1 unspecified atom stereocenters. The highest BCUT2D eigenvalue weighted by Gasteiger charge is 2.28. The van der Waals surface area contributed by atoms with Gasteiger partial charge in [-0.15, -0.1) is 0 Å². The average Bonchev–Trinajstić information content (AvgIpc) is 3.18. The van der Waals surface area contributed by atoms with Gasteiger partial charge in [-0.1, -0.05) is 30.3 Å². The molecule has 6 heteroatoms. The van der Waals surface area contributed by atoms with Gasteiger partial charge in [-0.25, -0.2) is 0 Å². The quantitative estimate of drug-likeness (QED) is 0.726. The van der Waals surface area contributed by atoms with Crippen molar-refractivity contribution in [1.29, 1.82) is 0 Å². The normalized spacial score (nSPS) is 16.0. The zero-order chi connectivity index (χ0) is 20.2. The van der Waals surface area contributed by atoms with Crippen LogP contribution in [0, 0.1) is 0 Å². The molecule has 2 aromatic carbocycles. The molecular weight excluding hydrogens is 366 g/mol. The second-order valence-corrected chi connectivity index (χ2v) is 7.25. The molecule has 148 valence electrons. The molecule has 6 nitrogen and oxygen atoms in total. The number of ether oxygens (including phenoxy) is 1. The van der Waals surface area contributed by atoms with Crippen LogP contribution in [0.1, 0.15) is 18.9 Å². The minimum Gasteiger partial charge on any atom is -0.486 e. The van der Waals surface area contributed by atoms with Crippen molar-refractivity contribution in [3.05, 3.63) is 66.4 Å². The fourth-order valence-electron chi connectivity index (χ4n) is 3.60. The largest absolute Gasteiger partial charge is 0.486 e. The minimum atomic E-state index is -0.113. The van der Waals surface area contributed by atoms with Crippen molar-refractivity contribution >= 4 is 28.4 Å². The fraction of sp³-hybridized carbons (Fsp3) is 0.261. The number of likely N-dealkylation sites (tertiary alicyclic amines) is 1. The minimum absolute atomic E-state index is 0.0336. The van der Waals surface area contributed by atoms with Crippen LogP contribution in [0.2, 0.25) is 0 Å². The Morgan fingerprint density at radius 2 is 1.93 bits per heavy atom. The summed E-state index contributed by atoms with van der Waals surface area (Å²) in [5.41, 5.74) is 2.50. The molecule has 0 saturated carbocycles. The van der Waals surface area contributed by atoms with E-state index in [0.717, 1.165) is 34.3 Å². The molecule has 1 aromatic heterocycles. The molecule has 1 N–H and O–H groups in total. The van der Waals surface area contributed by atoms with E-state index in [0.29, 0.717) is 19.5 Å². The number of fused-ring (bicyclic) bond motifs is 1. The summed E-state index contributed by atoms with van der Waals surface area (Å²) in [6.07, 6.45) is 2.87. The van der Waals surface area contributed by atoms with Gasteiger partial charge in [0.25, 0.3) is 0 Å². The maximum Gasteiger partial charge on any atom is 0.227 e. The first-order valence-corrected chi connectivity index (χ1v) is 9.73. The molecule has 1 aliphatic heterocycles. The molecule has 2 amide bonds. The molecule has 3 aromatic rings. The molecule has 0 spiro atoms. The molecule has 1 saturated heterocycles. The van der Waals surface area contributed by atoms with Gasteiger partial charge in [-0.3, -0.25) is 14.6 Å². The molecule has 29 heavy (non-hydrogen) atoms. The number of para-hydroxylation sites is 1. The molecule has 0 radical (unpaired) electrons. The number of pyridine rings is 1.